The largest absolute Gasteiger partial charge is 0.487 e. The molecule has 1 amide bonds. The summed E-state index contributed by atoms with van der Waals surface area (Å²) in [5.41, 5.74) is 1.44. The van der Waals surface area contributed by atoms with Crippen molar-refractivity contribution in [2.45, 2.75) is 26.4 Å². The number of thiazole rings is 1. The number of hydrogen-bond acceptors (Lipinski definition) is 6. The van der Waals surface area contributed by atoms with Crippen molar-refractivity contribution in [3.05, 3.63) is 45.9 Å². The fourth-order valence-electron chi connectivity index (χ4n) is 3.22. The quantitative estimate of drug-likeness (QED) is 0.739. The van der Waals surface area contributed by atoms with Gasteiger partial charge in [-0.15, -0.1) is 11.3 Å². The lowest BCUT2D eigenvalue weighted by Gasteiger charge is -2.33. The molecular weight excluding hydrogens is 398 g/mol. The zero-order valence-corrected chi connectivity index (χ0v) is 17.7. The van der Waals surface area contributed by atoms with Gasteiger partial charge in [-0.3, -0.25) is 4.79 Å². The molecule has 1 fully saturated rings. The van der Waals surface area contributed by atoms with Gasteiger partial charge >= 0.3 is 0 Å². The molecule has 0 spiro atoms. The molecule has 1 aliphatic rings. The van der Waals surface area contributed by atoms with E-state index in [2.05, 4.69) is 9.71 Å². The summed E-state index contributed by atoms with van der Waals surface area (Å²) in [4.78, 5) is 19.1. The van der Waals surface area contributed by atoms with Crippen LogP contribution in [0, 0.1) is 12.8 Å². The lowest BCUT2D eigenvalue weighted by molar-refractivity contribution is 0.0676. The van der Waals surface area contributed by atoms with Crippen molar-refractivity contribution in [3.8, 4) is 5.75 Å². The molecular formula is C19H25N3O4S2. The number of sulfonamides is 1. The van der Waals surface area contributed by atoms with E-state index in [4.69, 9.17) is 4.74 Å². The van der Waals surface area contributed by atoms with Crippen LogP contribution < -0.4 is 9.46 Å². The van der Waals surface area contributed by atoms with Gasteiger partial charge in [0.05, 0.1) is 17.0 Å². The summed E-state index contributed by atoms with van der Waals surface area (Å²) < 4.78 is 30.9. The topological polar surface area (TPSA) is 88.6 Å². The molecule has 9 heteroatoms. The van der Waals surface area contributed by atoms with Crippen LogP contribution in [0.15, 0.2) is 29.6 Å². The maximum atomic E-state index is 12.9. The molecule has 0 aliphatic carbocycles. The maximum absolute atomic E-state index is 12.9. The Morgan fingerprint density at radius 1 is 1.43 bits per heavy atom. The molecule has 152 valence electrons. The SMILES string of the molecule is Cc1nc(COc2cccc(C(=O)N3CCC[C@@H](CNS(C)(=O)=O)C3)c2)cs1. The minimum absolute atomic E-state index is 0.0565. The number of nitrogens with one attached hydrogen (secondary N) is 1. The number of hydrogen-bond donors (Lipinski definition) is 1. The first kappa shape index (κ1) is 20.8. The number of nitrogens with zero attached hydrogens (tertiary/aromatic N) is 2. The highest BCUT2D eigenvalue weighted by atomic mass is 32.2. The smallest absolute Gasteiger partial charge is 0.253 e. The number of benzene rings is 1. The van der Waals surface area contributed by atoms with Crippen LogP contribution in [-0.4, -0.2) is 50.1 Å². The minimum Gasteiger partial charge on any atom is -0.487 e. The van der Waals surface area contributed by atoms with Crippen LogP contribution in [0.25, 0.3) is 0 Å². The van der Waals surface area contributed by atoms with Crippen LogP contribution in [0.3, 0.4) is 0 Å². The Balaban J connectivity index is 1.60. The van der Waals surface area contributed by atoms with Crippen molar-refractivity contribution in [1.29, 1.82) is 0 Å². The third-order valence-electron chi connectivity index (χ3n) is 4.57. The van der Waals surface area contributed by atoms with Crippen molar-refractivity contribution in [3.63, 3.8) is 0 Å². The Labute approximate surface area is 169 Å². The van der Waals surface area contributed by atoms with Crippen molar-refractivity contribution in [2.75, 3.05) is 25.9 Å². The van der Waals surface area contributed by atoms with Gasteiger partial charge in [-0.2, -0.15) is 0 Å². The Bertz CT molecular complexity index is 927. The van der Waals surface area contributed by atoms with Gasteiger partial charge in [0.2, 0.25) is 10.0 Å². The monoisotopic (exact) mass is 423 g/mol. The highest BCUT2D eigenvalue weighted by Crippen LogP contribution is 2.21. The van der Waals surface area contributed by atoms with Crippen LogP contribution >= 0.6 is 11.3 Å². The predicted octanol–water partition coefficient (Wildman–Crippen LogP) is 2.43. The van der Waals surface area contributed by atoms with Crippen LogP contribution in [0.1, 0.15) is 33.9 Å². The molecule has 0 bridgehead atoms. The van der Waals surface area contributed by atoms with Crippen molar-refractivity contribution >= 4 is 27.3 Å². The van der Waals surface area contributed by atoms with Crippen LogP contribution in [0.2, 0.25) is 0 Å². The van der Waals surface area contributed by atoms with Crippen molar-refractivity contribution < 1.29 is 17.9 Å². The number of amides is 1. The van der Waals surface area contributed by atoms with Crippen LogP contribution in [-0.2, 0) is 16.6 Å². The van der Waals surface area contributed by atoms with Gasteiger partial charge in [-0.1, -0.05) is 6.07 Å². The molecule has 2 aromatic rings. The summed E-state index contributed by atoms with van der Waals surface area (Å²) in [6.07, 6.45) is 2.92. The first-order valence-corrected chi connectivity index (χ1v) is 11.9. The Kier molecular flexibility index (Phi) is 6.69. The molecule has 1 aromatic heterocycles. The number of aryl methyl sites for hydroxylation is 1. The second-order valence-corrected chi connectivity index (χ2v) is 9.95. The second-order valence-electron chi connectivity index (χ2n) is 7.05. The first-order valence-electron chi connectivity index (χ1n) is 9.18. The van der Waals surface area contributed by atoms with Gasteiger partial charge in [0.25, 0.3) is 5.91 Å². The average molecular weight is 424 g/mol. The predicted molar refractivity (Wildman–Crippen MR) is 109 cm³/mol. The van der Waals surface area contributed by atoms with Gasteiger partial charge in [-0.25, -0.2) is 18.1 Å². The fraction of sp³-hybridized carbons (Fsp3) is 0.474. The van der Waals surface area contributed by atoms with Gasteiger partial charge in [0.15, 0.2) is 0 Å². The molecule has 2 heterocycles. The van der Waals surface area contributed by atoms with Gasteiger partial charge in [0.1, 0.15) is 12.4 Å². The van der Waals surface area contributed by atoms with Crippen molar-refractivity contribution in [1.82, 2.24) is 14.6 Å². The average Bonchev–Trinajstić information content (AvgIpc) is 3.09. The van der Waals surface area contributed by atoms with Gasteiger partial charge < -0.3 is 9.64 Å². The number of carbonyl (C=O) groups is 1. The van der Waals surface area contributed by atoms with E-state index in [9.17, 15) is 13.2 Å². The summed E-state index contributed by atoms with van der Waals surface area (Å²) in [5.74, 6) is 0.697. The summed E-state index contributed by atoms with van der Waals surface area (Å²) in [6, 6.07) is 7.16. The molecule has 7 nitrogen and oxygen atoms in total. The molecule has 1 atom stereocenters. The minimum atomic E-state index is -3.22. The van der Waals surface area contributed by atoms with Crippen LogP contribution in [0.5, 0.6) is 5.75 Å². The first-order chi connectivity index (χ1) is 13.3. The van der Waals surface area contributed by atoms with Gasteiger partial charge in [-0.05, 0) is 43.9 Å². The molecule has 3 rings (SSSR count). The number of piperidine rings is 1. The Morgan fingerprint density at radius 2 is 2.25 bits per heavy atom. The number of rotatable bonds is 7. The molecule has 1 aliphatic heterocycles. The summed E-state index contributed by atoms with van der Waals surface area (Å²) in [7, 11) is -3.22. The van der Waals surface area contributed by atoms with E-state index >= 15 is 0 Å². The van der Waals surface area contributed by atoms with Gasteiger partial charge in [0, 0.05) is 30.6 Å². The van der Waals surface area contributed by atoms with Crippen molar-refractivity contribution in [2.24, 2.45) is 5.92 Å². The van der Waals surface area contributed by atoms with E-state index in [1.165, 1.54) is 0 Å². The zero-order valence-electron chi connectivity index (χ0n) is 16.1. The fourth-order valence-corrected chi connectivity index (χ4v) is 4.35. The number of likely N-dealkylation sites (tertiary alicyclic amines) is 1. The second kappa shape index (κ2) is 9.02. The lowest BCUT2D eigenvalue weighted by Crippen LogP contribution is -2.43. The van der Waals surface area contributed by atoms with E-state index < -0.39 is 10.0 Å². The number of carbonyl (C=O) groups excluding carboxylic acids is 1. The maximum Gasteiger partial charge on any atom is 0.253 e. The highest BCUT2D eigenvalue weighted by Gasteiger charge is 2.25. The molecule has 1 aromatic carbocycles. The standard InChI is InChI=1S/C19H25N3O4S2/c1-14-21-17(13-27-14)12-26-18-7-3-6-16(9-18)19(23)22-8-4-5-15(11-22)10-20-28(2,24)25/h3,6-7,9,13,15,20H,4-5,8,10-12H2,1-2H3/t15-/m0/s1. The normalized spacial score (nSPS) is 17.5. The number of aromatic nitrogens is 1. The summed E-state index contributed by atoms with van der Waals surface area (Å²) in [6.45, 7) is 3.90. The van der Waals surface area contributed by atoms with E-state index in [1.807, 2.05) is 24.4 Å². The molecule has 0 saturated carbocycles. The van der Waals surface area contributed by atoms with E-state index in [-0.39, 0.29) is 11.8 Å². The van der Waals surface area contributed by atoms with Crippen LogP contribution in [0.4, 0.5) is 0 Å². The molecule has 0 unspecified atom stereocenters. The number of ether oxygens (including phenoxy) is 1. The molecule has 1 N–H and O–H groups in total. The molecule has 1 saturated heterocycles. The third-order valence-corrected chi connectivity index (χ3v) is 6.09. The summed E-state index contributed by atoms with van der Waals surface area (Å²) >= 11 is 1.58. The zero-order chi connectivity index (χ0) is 20.1. The van der Waals surface area contributed by atoms with E-state index in [1.54, 1.807) is 28.4 Å². The summed E-state index contributed by atoms with van der Waals surface area (Å²) in [5, 5.41) is 2.95. The van der Waals surface area contributed by atoms with E-state index in [0.29, 0.717) is 37.6 Å². The Hall–Kier alpha value is -1.97. The Morgan fingerprint density at radius 3 is 2.96 bits per heavy atom. The molecule has 0 radical (unpaired) electrons. The third kappa shape index (κ3) is 6.02. The molecule has 28 heavy (non-hydrogen) atoms. The lowest BCUT2D eigenvalue weighted by atomic mass is 9.97. The van der Waals surface area contributed by atoms with E-state index in [0.717, 1.165) is 29.8 Å². The highest BCUT2D eigenvalue weighted by molar-refractivity contribution is 7.88.